The number of oxazole rings is 1. The van der Waals surface area contributed by atoms with Crippen LogP contribution in [0.1, 0.15) is 11.1 Å². The summed E-state index contributed by atoms with van der Waals surface area (Å²) in [5.41, 5.74) is 1.94. The van der Waals surface area contributed by atoms with Crippen molar-refractivity contribution in [3.8, 4) is 0 Å². The molecule has 0 spiro atoms. The molecule has 0 amide bonds. The highest BCUT2D eigenvalue weighted by Gasteiger charge is 2.19. The Morgan fingerprint density at radius 1 is 1.36 bits per heavy atom. The zero-order valence-electron chi connectivity index (χ0n) is 11.7. The zero-order valence-corrected chi connectivity index (χ0v) is 12.5. The Labute approximate surface area is 126 Å². The molecule has 0 atom stereocenters. The second-order valence-electron chi connectivity index (χ2n) is 4.81. The SMILES string of the molecule is Cc1cc2[nH]c(=O)oc2cc1S(=O)(=O)NCc1cccnc1. The summed E-state index contributed by atoms with van der Waals surface area (Å²) in [5.74, 6) is -0.618. The van der Waals surface area contributed by atoms with E-state index in [1.165, 1.54) is 6.07 Å². The fourth-order valence-electron chi connectivity index (χ4n) is 2.14. The van der Waals surface area contributed by atoms with Gasteiger partial charge in [0.2, 0.25) is 10.0 Å². The van der Waals surface area contributed by atoms with E-state index in [1.54, 1.807) is 37.5 Å². The van der Waals surface area contributed by atoms with Gasteiger partial charge in [0.05, 0.1) is 10.4 Å². The van der Waals surface area contributed by atoms with Gasteiger partial charge in [-0.15, -0.1) is 0 Å². The first-order chi connectivity index (χ1) is 10.5. The lowest BCUT2D eigenvalue weighted by Gasteiger charge is -2.09. The summed E-state index contributed by atoms with van der Waals surface area (Å²) in [6.45, 7) is 1.79. The number of pyridine rings is 1. The zero-order chi connectivity index (χ0) is 15.7. The molecule has 2 aromatic heterocycles. The van der Waals surface area contributed by atoms with Crippen molar-refractivity contribution in [2.75, 3.05) is 0 Å². The lowest BCUT2D eigenvalue weighted by atomic mass is 10.2. The number of fused-ring (bicyclic) bond motifs is 1. The molecule has 2 N–H and O–H groups in total. The molecule has 1 aromatic carbocycles. The predicted octanol–water partition coefficient (Wildman–Crippen LogP) is 1.30. The Morgan fingerprint density at radius 3 is 2.91 bits per heavy atom. The molecular formula is C14H13N3O4S. The van der Waals surface area contributed by atoms with E-state index in [1.807, 2.05) is 0 Å². The number of rotatable bonds is 4. The standard InChI is InChI=1S/C14H13N3O4S/c1-9-5-11-12(21-14(18)17-11)6-13(9)22(19,20)16-8-10-3-2-4-15-7-10/h2-7,16H,8H2,1H3,(H,17,18). The van der Waals surface area contributed by atoms with Crippen LogP contribution in [0.4, 0.5) is 0 Å². The van der Waals surface area contributed by atoms with Gasteiger partial charge in [0.25, 0.3) is 0 Å². The van der Waals surface area contributed by atoms with E-state index in [-0.39, 0.29) is 17.0 Å². The highest BCUT2D eigenvalue weighted by atomic mass is 32.2. The molecule has 7 nitrogen and oxygen atoms in total. The predicted molar refractivity (Wildman–Crippen MR) is 79.8 cm³/mol. The van der Waals surface area contributed by atoms with Crippen LogP contribution in [0, 0.1) is 6.92 Å². The number of H-pyrrole nitrogens is 1. The first-order valence-corrected chi connectivity index (χ1v) is 7.96. The van der Waals surface area contributed by atoms with Crippen molar-refractivity contribution in [3.63, 3.8) is 0 Å². The van der Waals surface area contributed by atoms with Crippen molar-refractivity contribution in [1.29, 1.82) is 0 Å². The van der Waals surface area contributed by atoms with Crippen LogP contribution in [0.15, 0.2) is 50.8 Å². The van der Waals surface area contributed by atoms with Gasteiger partial charge >= 0.3 is 5.76 Å². The fraction of sp³-hybridized carbons (Fsp3) is 0.143. The Balaban J connectivity index is 1.94. The van der Waals surface area contributed by atoms with Crippen LogP contribution in [0.5, 0.6) is 0 Å². The topological polar surface area (TPSA) is 105 Å². The van der Waals surface area contributed by atoms with Gasteiger partial charge < -0.3 is 4.42 Å². The van der Waals surface area contributed by atoms with Gasteiger partial charge in [0.1, 0.15) is 0 Å². The van der Waals surface area contributed by atoms with Crippen molar-refractivity contribution in [2.45, 2.75) is 18.4 Å². The number of aromatic amines is 1. The summed E-state index contributed by atoms with van der Waals surface area (Å²) in [6, 6.07) is 6.42. The van der Waals surface area contributed by atoms with Crippen LogP contribution >= 0.6 is 0 Å². The molecule has 0 aliphatic rings. The summed E-state index contributed by atoms with van der Waals surface area (Å²) in [4.78, 5) is 17.7. The summed E-state index contributed by atoms with van der Waals surface area (Å²) >= 11 is 0. The van der Waals surface area contributed by atoms with Gasteiger partial charge in [-0.05, 0) is 30.2 Å². The summed E-state index contributed by atoms with van der Waals surface area (Å²) in [6.07, 6.45) is 3.20. The van der Waals surface area contributed by atoms with E-state index in [4.69, 9.17) is 4.42 Å². The highest BCUT2D eigenvalue weighted by molar-refractivity contribution is 7.89. The molecule has 0 fully saturated rings. The van der Waals surface area contributed by atoms with E-state index in [0.29, 0.717) is 11.1 Å². The van der Waals surface area contributed by atoms with Gasteiger partial charge in [-0.25, -0.2) is 17.9 Å². The number of nitrogens with one attached hydrogen (secondary N) is 2. The highest BCUT2D eigenvalue weighted by Crippen LogP contribution is 2.21. The van der Waals surface area contributed by atoms with E-state index >= 15 is 0 Å². The maximum atomic E-state index is 12.4. The quantitative estimate of drug-likeness (QED) is 0.754. The average Bonchev–Trinajstić information content (AvgIpc) is 2.84. The second-order valence-corrected chi connectivity index (χ2v) is 6.55. The third kappa shape index (κ3) is 2.78. The fourth-order valence-corrected chi connectivity index (χ4v) is 3.39. The van der Waals surface area contributed by atoms with E-state index in [2.05, 4.69) is 14.7 Å². The molecule has 0 aliphatic carbocycles. The van der Waals surface area contributed by atoms with Crippen molar-refractivity contribution in [1.82, 2.24) is 14.7 Å². The van der Waals surface area contributed by atoms with Crippen LogP contribution in [0.3, 0.4) is 0 Å². The lowest BCUT2D eigenvalue weighted by Crippen LogP contribution is -2.24. The Morgan fingerprint density at radius 2 is 2.18 bits per heavy atom. The van der Waals surface area contributed by atoms with E-state index in [0.717, 1.165) is 5.56 Å². The molecule has 0 unspecified atom stereocenters. The molecule has 0 saturated heterocycles. The smallest absolute Gasteiger partial charge is 0.408 e. The number of aromatic nitrogens is 2. The van der Waals surface area contributed by atoms with Gasteiger partial charge in [0.15, 0.2) is 5.58 Å². The van der Waals surface area contributed by atoms with Crippen molar-refractivity contribution < 1.29 is 12.8 Å². The number of sulfonamides is 1. The van der Waals surface area contributed by atoms with Crippen LogP contribution in [-0.2, 0) is 16.6 Å². The average molecular weight is 319 g/mol. The normalized spacial score (nSPS) is 11.9. The molecule has 0 aliphatic heterocycles. The van der Waals surface area contributed by atoms with Gasteiger partial charge in [-0.1, -0.05) is 6.07 Å². The monoisotopic (exact) mass is 319 g/mol. The number of hydrogen-bond donors (Lipinski definition) is 2. The number of hydrogen-bond acceptors (Lipinski definition) is 5. The Hall–Kier alpha value is -2.45. The van der Waals surface area contributed by atoms with Crippen LogP contribution in [-0.4, -0.2) is 18.4 Å². The number of aryl methyl sites for hydroxylation is 1. The second kappa shape index (κ2) is 5.39. The minimum Gasteiger partial charge on any atom is -0.408 e. The van der Waals surface area contributed by atoms with Crippen LogP contribution < -0.4 is 10.5 Å². The third-order valence-corrected chi connectivity index (χ3v) is 4.74. The molecule has 0 saturated carbocycles. The largest absolute Gasteiger partial charge is 0.417 e. The van der Waals surface area contributed by atoms with Crippen LogP contribution in [0.25, 0.3) is 11.1 Å². The maximum Gasteiger partial charge on any atom is 0.417 e. The minimum absolute atomic E-state index is 0.0756. The molecular weight excluding hydrogens is 306 g/mol. The molecule has 22 heavy (non-hydrogen) atoms. The van der Waals surface area contributed by atoms with Crippen molar-refractivity contribution in [3.05, 3.63) is 58.3 Å². The summed E-state index contributed by atoms with van der Waals surface area (Å²) < 4.78 is 32.2. The van der Waals surface area contributed by atoms with Crippen LogP contribution in [0.2, 0.25) is 0 Å². The summed E-state index contributed by atoms with van der Waals surface area (Å²) in [7, 11) is -3.73. The molecule has 3 rings (SSSR count). The molecule has 0 bridgehead atoms. The van der Waals surface area contributed by atoms with Crippen molar-refractivity contribution in [2.24, 2.45) is 0 Å². The van der Waals surface area contributed by atoms with Crippen molar-refractivity contribution >= 4 is 21.1 Å². The molecule has 2 heterocycles. The molecule has 8 heteroatoms. The lowest BCUT2D eigenvalue weighted by molar-refractivity contribution is 0.553. The Kier molecular flexibility index (Phi) is 3.55. The maximum absolute atomic E-state index is 12.4. The number of nitrogens with zero attached hydrogens (tertiary/aromatic N) is 1. The molecule has 114 valence electrons. The molecule has 3 aromatic rings. The first kappa shape index (κ1) is 14.5. The van der Waals surface area contributed by atoms with E-state index in [9.17, 15) is 13.2 Å². The van der Waals surface area contributed by atoms with Gasteiger partial charge in [-0.2, -0.15) is 0 Å². The van der Waals surface area contributed by atoms with Gasteiger partial charge in [0, 0.05) is 25.0 Å². The first-order valence-electron chi connectivity index (χ1n) is 6.48. The molecule has 0 radical (unpaired) electrons. The summed E-state index contributed by atoms with van der Waals surface area (Å²) in [5, 5.41) is 0. The minimum atomic E-state index is -3.73. The van der Waals surface area contributed by atoms with E-state index < -0.39 is 15.8 Å². The number of benzene rings is 1. The van der Waals surface area contributed by atoms with Gasteiger partial charge in [-0.3, -0.25) is 9.97 Å². The Bertz CT molecular complexity index is 974. The third-order valence-electron chi connectivity index (χ3n) is 3.20.